The van der Waals surface area contributed by atoms with E-state index in [1.165, 1.54) is 11.8 Å². The first kappa shape index (κ1) is 11.1. The molecule has 0 saturated carbocycles. The molecule has 0 aromatic heterocycles. The molecule has 6 heteroatoms. The lowest BCUT2D eigenvalue weighted by Gasteiger charge is -2.04. The highest BCUT2D eigenvalue weighted by Gasteiger charge is 2.18. The van der Waals surface area contributed by atoms with E-state index in [1.807, 2.05) is 6.26 Å². The molecule has 14 heavy (non-hydrogen) atoms. The predicted octanol–water partition coefficient (Wildman–Crippen LogP) is 2.64. The summed E-state index contributed by atoms with van der Waals surface area (Å²) in [4.78, 5) is 11.0. The van der Waals surface area contributed by atoms with Gasteiger partial charge in [-0.05, 0) is 18.4 Å². The number of benzene rings is 1. The van der Waals surface area contributed by atoms with E-state index in [4.69, 9.17) is 17.3 Å². The molecule has 0 unspecified atom stereocenters. The van der Waals surface area contributed by atoms with E-state index in [0.717, 1.165) is 4.90 Å². The van der Waals surface area contributed by atoms with Crippen LogP contribution in [0.25, 0.3) is 0 Å². The molecule has 76 valence electrons. The van der Waals surface area contributed by atoms with Gasteiger partial charge in [0.25, 0.3) is 5.69 Å². The van der Waals surface area contributed by atoms with Gasteiger partial charge in [-0.1, -0.05) is 0 Å². The number of halogens is 1. The molecule has 0 fully saturated rings. The monoisotopic (exact) mass is 232 g/mol. The first-order chi connectivity index (χ1) is 6.60. The standard InChI is InChI=1S/C8H9ClN2O2S/c1-14-6-2-5(4-9)8(11(12)13)7(10)3-6/h2-3H,4,10H2,1H3. The first-order valence-corrected chi connectivity index (χ1v) is 5.52. The van der Waals surface area contributed by atoms with Crippen LogP contribution >= 0.6 is 23.4 Å². The zero-order valence-electron chi connectivity index (χ0n) is 7.49. The Morgan fingerprint density at radius 2 is 2.29 bits per heavy atom. The summed E-state index contributed by atoms with van der Waals surface area (Å²) in [6.07, 6.45) is 1.87. The molecule has 1 aromatic rings. The van der Waals surface area contributed by atoms with E-state index in [1.54, 1.807) is 12.1 Å². The molecule has 0 spiro atoms. The Morgan fingerprint density at radius 3 is 2.71 bits per heavy atom. The van der Waals surface area contributed by atoms with Crippen molar-refractivity contribution in [1.29, 1.82) is 0 Å². The minimum atomic E-state index is -0.503. The van der Waals surface area contributed by atoms with E-state index in [2.05, 4.69) is 0 Å². The number of hydrogen-bond donors (Lipinski definition) is 1. The largest absolute Gasteiger partial charge is 0.393 e. The molecule has 0 radical (unpaired) electrons. The lowest BCUT2D eigenvalue weighted by Crippen LogP contribution is -1.99. The Hall–Kier alpha value is -0.940. The molecule has 0 bridgehead atoms. The molecule has 0 heterocycles. The van der Waals surface area contributed by atoms with Crippen molar-refractivity contribution in [1.82, 2.24) is 0 Å². The van der Waals surface area contributed by atoms with Crippen LogP contribution in [0.1, 0.15) is 5.56 Å². The minimum Gasteiger partial charge on any atom is -0.393 e. The van der Waals surface area contributed by atoms with E-state index >= 15 is 0 Å². The van der Waals surface area contributed by atoms with Crippen molar-refractivity contribution >= 4 is 34.7 Å². The Labute approximate surface area is 90.6 Å². The van der Waals surface area contributed by atoms with Crippen LogP contribution in [-0.2, 0) is 5.88 Å². The van der Waals surface area contributed by atoms with Gasteiger partial charge < -0.3 is 5.73 Å². The lowest BCUT2D eigenvalue weighted by atomic mass is 10.2. The summed E-state index contributed by atoms with van der Waals surface area (Å²) in [5.74, 6) is 0.0922. The third-order valence-electron chi connectivity index (χ3n) is 1.75. The Bertz CT molecular complexity index is 371. The topological polar surface area (TPSA) is 69.2 Å². The highest BCUT2D eigenvalue weighted by Crippen LogP contribution is 2.32. The van der Waals surface area contributed by atoms with Gasteiger partial charge in [-0.3, -0.25) is 10.1 Å². The summed E-state index contributed by atoms with van der Waals surface area (Å²) in [7, 11) is 0. The number of nitrogens with zero attached hydrogens (tertiary/aromatic N) is 1. The van der Waals surface area contributed by atoms with Crippen LogP contribution in [0.15, 0.2) is 17.0 Å². The van der Waals surface area contributed by atoms with Gasteiger partial charge in [0.1, 0.15) is 5.69 Å². The summed E-state index contributed by atoms with van der Waals surface area (Å²) in [6.45, 7) is 0. The van der Waals surface area contributed by atoms with Crippen LogP contribution in [0.3, 0.4) is 0 Å². The second kappa shape index (κ2) is 4.52. The lowest BCUT2D eigenvalue weighted by molar-refractivity contribution is -0.384. The minimum absolute atomic E-state index is 0.0854. The van der Waals surface area contributed by atoms with Crippen molar-refractivity contribution in [3.05, 3.63) is 27.8 Å². The molecule has 4 nitrogen and oxygen atoms in total. The highest BCUT2D eigenvalue weighted by atomic mass is 35.5. The molecule has 0 saturated heterocycles. The number of anilines is 1. The van der Waals surface area contributed by atoms with Crippen molar-refractivity contribution in [2.45, 2.75) is 10.8 Å². The Balaban J connectivity index is 3.34. The average Bonchev–Trinajstić information content (AvgIpc) is 2.15. The number of rotatable bonds is 3. The zero-order chi connectivity index (χ0) is 10.7. The van der Waals surface area contributed by atoms with E-state index in [9.17, 15) is 10.1 Å². The summed E-state index contributed by atoms with van der Waals surface area (Å²) in [5, 5.41) is 10.7. The van der Waals surface area contributed by atoms with Crippen LogP contribution in [0.2, 0.25) is 0 Å². The number of thioether (sulfide) groups is 1. The van der Waals surface area contributed by atoms with Crippen LogP contribution in [0.5, 0.6) is 0 Å². The van der Waals surface area contributed by atoms with E-state index < -0.39 is 4.92 Å². The SMILES string of the molecule is CSc1cc(N)c([N+](=O)[O-])c(CCl)c1. The van der Waals surface area contributed by atoms with Gasteiger partial charge in [-0.25, -0.2) is 0 Å². The first-order valence-electron chi connectivity index (χ1n) is 3.77. The van der Waals surface area contributed by atoms with Gasteiger partial charge in [0.2, 0.25) is 0 Å². The van der Waals surface area contributed by atoms with Crippen LogP contribution in [0, 0.1) is 10.1 Å². The summed E-state index contributed by atoms with van der Waals surface area (Å²) in [6, 6.07) is 3.27. The van der Waals surface area contributed by atoms with Crippen LogP contribution in [0.4, 0.5) is 11.4 Å². The summed E-state index contributed by atoms with van der Waals surface area (Å²) in [5.41, 5.74) is 6.10. The van der Waals surface area contributed by atoms with Crippen LogP contribution in [-0.4, -0.2) is 11.2 Å². The molecule has 0 aliphatic carbocycles. The van der Waals surface area contributed by atoms with Gasteiger partial charge in [-0.15, -0.1) is 23.4 Å². The number of nitrogen functional groups attached to an aromatic ring is 1. The number of nitro benzene ring substituents is 1. The molecule has 0 amide bonds. The fourth-order valence-electron chi connectivity index (χ4n) is 1.13. The van der Waals surface area contributed by atoms with Crippen molar-refractivity contribution in [3.8, 4) is 0 Å². The third kappa shape index (κ3) is 2.10. The van der Waals surface area contributed by atoms with Gasteiger partial charge in [0.05, 0.1) is 10.8 Å². The fourth-order valence-corrected chi connectivity index (χ4v) is 1.84. The molecular weight excluding hydrogens is 224 g/mol. The number of hydrogen-bond acceptors (Lipinski definition) is 4. The second-order valence-corrected chi connectivity index (χ2v) is 3.76. The van der Waals surface area contributed by atoms with Crippen molar-refractivity contribution < 1.29 is 4.92 Å². The van der Waals surface area contributed by atoms with Crippen molar-refractivity contribution in [3.63, 3.8) is 0 Å². The maximum atomic E-state index is 10.7. The maximum Gasteiger partial charge on any atom is 0.296 e. The molecule has 0 atom stereocenters. The van der Waals surface area contributed by atoms with Gasteiger partial charge in [0.15, 0.2) is 0 Å². The summed E-state index contributed by atoms with van der Waals surface area (Å²) >= 11 is 7.08. The number of nitrogens with two attached hydrogens (primary N) is 1. The Kier molecular flexibility index (Phi) is 3.60. The molecule has 1 aromatic carbocycles. The van der Waals surface area contributed by atoms with Crippen molar-refractivity contribution in [2.24, 2.45) is 0 Å². The highest BCUT2D eigenvalue weighted by molar-refractivity contribution is 7.98. The van der Waals surface area contributed by atoms with Gasteiger partial charge in [-0.2, -0.15) is 0 Å². The van der Waals surface area contributed by atoms with E-state index in [-0.39, 0.29) is 17.3 Å². The molecule has 0 aliphatic heterocycles. The fraction of sp³-hybridized carbons (Fsp3) is 0.250. The number of alkyl halides is 1. The Morgan fingerprint density at radius 1 is 1.64 bits per heavy atom. The third-order valence-corrected chi connectivity index (χ3v) is 2.75. The molecule has 1 rings (SSSR count). The molecular formula is C8H9ClN2O2S. The molecule has 2 N–H and O–H groups in total. The molecule has 0 aliphatic rings. The predicted molar refractivity (Wildman–Crippen MR) is 58.8 cm³/mol. The van der Waals surface area contributed by atoms with E-state index in [0.29, 0.717) is 5.56 Å². The quantitative estimate of drug-likeness (QED) is 0.286. The zero-order valence-corrected chi connectivity index (χ0v) is 9.06. The number of nitro groups is 1. The van der Waals surface area contributed by atoms with Crippen LogP contribution < -0.4 is 5.73 Å². The average molecular weight is 233 g/mol. The van der Waals surface area contributed by atoms with Gasteiger partial charge in [0, 0.05) is 10.5 Å². The summed E-state index contributed by atoms with van der Waals surface area (Å²) < 4.78 is 0. The van der Waals surface area contributed by atoms with Gasteiger partial charge >= 0.3 is 0 Å². The maximum absolute atomic E-state index is 10.7. The normalized spacial score (nSPS) is 10.1. The second-order valence-electron chi connectivity index (χ2n) is 2.62. The smallest absolute Gasteiger partial charge is 0.296 e. The van der Waals surface area contributed by atoms with Crippen molar-refractivity contribution in [2.75, 3.05) is 12.0 Å².